The standard InChI is InChI=1S/C10H23N3O2S/c1-3-4-8-13(2)16(14,15)12-10-6-5-7-11-9-10/h10-12H,3-9H2,1-2H3. The van der Waals surface area contributed by atoms with Crippen molar-refractivity contribution in [2.45, 2.75) is 38.6 Å². The summed E-state index contributed by atoms with van der Waals surface area (Å²) in [6.45, 7) is 4.37. The number of nitrogens with zero attached hydrogens (tertiary/aromatic N) is 1. The molecule has 0 spiro atoms. The van der Waals surface area contributed by atoms with Crippen molar-refractivity contribution in [2.24, 2.45) is 0 Å². The summed E-state index contributed by atoms with van der Waals surface area (Å²) in [6, 6.07) is 0.0443. The van der Waals surface area contributed by atoms with Crippen LogP contribution in [0, 0.1) is 0 Å². The van der Waals surface area contributed by atoms with Gasteiger partial charge in [0.2, 0.25) is 0 Å². The number of hydrogen-bond donors (Lipinski definition) is 2. The van der Waals surface area contributed by atoms with Crippen molar-refractivity contribution in [2.75, 3.05) is 26.7 Å². The van der Waals surface area contributed by atoms with E-state index >= 15 is 0 Å². The maximum absolute atomic E-state index is 11.9. The third-order valence-corrected chi connectivity index (χ3v) is 4.48. The quantitative estimate of drug-likeness (QED) is 0.712. The molecule has 0 radical (unpaired) electrons. The molecule has 0 saturated carbocycles. The largest absolute Gasteiger partial charge is 0.315 e. The van der Waals surface area contributed by atoms with E-state index in [9.17, 15) is 8.42 Å². The first-order valence-electron chi connectivity index (χ1n) is 6.00. The normalized spacial score (nSPS) is 22.6. The SMILES string of the molecule is CCCCN(C)S(=O)(=O)NC1CCCNC1. The third kappa shape index (κ3) is 4.37. The van der Waals surface area contributed by atoms with E-state index in [2.05, 4.69) is 17.0 Å². The van der Waals surface area contributed by atoms with Gasteiger partial charge in [0, 0.05) is 26.2 Å². The zero-order chi connectivity index (χ0) is 12.0. The summed E-state index contributed by atoms with van der Waals surface area (Å²) >= 11 is 0. The van der Waals surface area contributed by atoms with Gasteiger partial charge >= 0.3 is 0 Å². The zero-order valence-electron chi connectivity index (χ0n) is 10.2. The van der Waals surface area contributed by atoms with E-state index < -0.39 is 10.2 Å². The molecule has 0 bridgehead atoms. The Kier molecular flexibility index (Phi) is 5.68. The molecular formula is C10H23N3O2S. The van der Waals surface area contributed by atoms with Crippen molar-refractivity contribution in [3.63, 3.8) is 0 Å². The van der Waals surface area contributed by atoms with Crippen LogP contribution in [0.2, 0.25) is 0 Å². The predicted molar refractivity (Wildman–Crippen MR) is 65.5 cm³/mol. The van der Waals surface area contributed by atoms with Gasteiger partial charge in [0.25, 0.3) is 10.2 Å². The van der Waals surface area contributed by atoms with Crippen LogP contribution in [0.25, 0.3) is 0 Å². The van der Waals surface area contributed by atoms with Crippen molar-refractivity contribution in [3.05, 3.63) is 0 Å². The van der Waals surface area contributed by atoms with Gasteiger partial charge in [-0.3, -0.25) is 0 Å². The molecule has 1 unspecified atom stereocenters. The Bertz CT molecular complexity index is 286. The Morgan fingerprint density at radius 2 is 2.25 bits per heavy atom. The Morgan fingerprint density at radius 1 is 1.50 bits per heavy atom. The average molecular weight is 249 g/mol. The van der Waals surface area contributed by atoms with Gasteiger partial charge in [-0.1, -0.05) is 13.3 Å². The molecule has 0 aromatic rings. The maximum atomic E-state index is 11.9. The highest BCUT2D eigenvalue weighted by molar-refractivity contribution is 7.87. The molecule has 0 amide bonds. The molecule has 16 heavy (non-hydrogen) atoms. The zero-order valence-corrected chi connectivity index (χ0v) is 11.0. The summed E-state index contributed by atoms with van der Waals surface area (Å²) in [4.78, 5) is 0. The van der Waals surface area contributed by atoms with Crippen LogP contribution in [0.5, 0.6) is 0 Å². The number of piperidine rings is 1. The molecule has 1 heterocycles. The van der Waals surface area contributed by atoms with Gasteiger partial charge in [-0.15, -0.1) is 0 Å². The van der Waals surface area contributed by atoms with E-state index in [4.69, 9.17) is 0 Å². The van der Waals surface area contributed by atoms with Gasteiger partial charge in [0.15, 0.2) is 0 Å². The highest BCUT2D eigenvalue weighted by atomic mass is 32.2. The van der Waals surface area contributed by atoms with Crippen LogP contribution in [0.15, 0.2) is 0 Å². The van der Waals surface area contributed by atoms with E-state index in [0.717, 1.165) is 38.8 Å². The first kappa shape index (κ1) is 13.9. The van der Waals surface area contributed by atoms with Crippen molar-refractivity contribution in [1.29, 1.82) is 0 Å². The third-order valence-electron chi connectivity index (χ3n) is 2.85. The Labute approximate surface area is 98.8 Å². The molecule has 1 saturated heterocycles. The fourth-order valence-corrected chi connectivity index (χ4v) is 2.93. The van der Waals surface area contributed by atoms with E-state index in [0.29, 0.717) is 6.54 Å². The molecular weight excluding hydrogens is 226 g/mol. The van der Waals surface area contributed by atoms with E-state index in [1.165, 1.54) is 4.31 Å². The number of rotatable bonds is 6. The van der Waals surface area contributed by atoms with Gasteiger partial charge in [-0.25, -0.2) is 0 Å². The van der Waals surface area contributed by atoms with Crippen LogP contribution >= 0.6 is 0 Å². The Morgan fingerprint density at radius 3 is 2.81 bits per heavy atom. The second-order valence-corrected chi connectivity index (χ2v) is 6.15. The first-order valence-corrected chi connectivity index (χ1v) is 7.44. The summed E-state index contributed by atoms with van der Waals surface area (Å²) in [5.74, 6) is 0. The van der Waals surface area contributed by atoms with Crippen LogP contribution in [-0.2, 0) is 10.2 Å². The molecule has 1 aliphatic heterocycles. The van der Waals surface area contributed by atoms with E-state index in [1.54, 1.807) is 7.05 Å². The molecule has 0 aromatic carbocycles. The van der Waals surface area contributed by atoms with Crippen molar-refractivity contribution in [1.82, 2.24) is 14.3 Å². The fourth-order valence-electron chi connectivity index (χ4n) is 1.75. The van der Waals surface area contributed by atoms with Gasteiger partial charge in [-0.2, -0.15) is 17.4 Å². The summed E-state index contributed by atoms with van der Waals surface area (Å²) in [5.41, 5.74) is 0. The minimum Gasteiger partial charge on any atom is -0.315 e. The predicted octanol–water partition coefficient (Wildman–Crippen LogP) is 0.305. The molecule has 1 fully saturated rings. The van der Waals surface area contributed by atoms with Crippen LogP contribution in [0.4, 0.5) is 0 Å². The number of unbranched alkanes of at least 4 members (excludes halogenated alkanes) is 1. The highest BCUT2D eigenvalue weighted by Crippen LogP contribution is 2.05. The summed E-state index contributed by atoms with van der Waals surface area (Å²) in [5, 5.41) is 3.19. The maximum Gasteiger partial charge on any atom is 0.279 e. The Balaban J connectivity index is 2.42. The minimum atomic E-state index is -3.29. The molecule has 96 valence electrons. The van der Waals surface area contributed by atoms with Crippen molar-refractivity contribution < 1.29 is 8.42 Å². The second-order valence-electron chi connectivity index (χ2n) is 4.34. The lowest BCUT2D eigenvalue weighted by atomic mass is 10.1. The molecule has 0 aliphatic carbocycles. The highest BCUT2D eigenvalue weighted by Gasteiger charge is 2.22. The lowest BCUT2D eigenvalue weighted by Gasteiger charge is -2.26. The molecule has 0 aromatic heterocycles. The number of nitrogens with one attached hydrogen (secondary N) is 2. The summed E-state index contributed by atoms with van der Waals surface area (Å²) in [7, 11) is -1.66. The first-order chi connectivity index (χ1) is 7.56. The van der Waals surface area contributed by atoms with Crippen LogP contribution in [0.3, 0.4) is 0 Å². The smallest absolute Gasteiger partial charge is 0.279 e. The van der Waals surface area contributed by atoms with Gasteiger partial charge < -0.3 is 5.32 Å². The van der Waals surface area contributed by atoms with Crippen LogP contribution < -0.4 is 10.0 Å². The molecule has 1 aliphatic rings. The van der Waals surface area contributed by atoms with Crippen molar-refractivity contribution >= 4 is 10.2 Å². The summed E-state index contributed by atoms with van der Waals surface area (Å²) in [6.07, 6.45) is 3.87. The average Bonchev–Trinajstić information content (AvgIpc) is 2.26. The molecule has 1 rings (SSSR count). The van der Waals surface area contributed by atoms with Gasteiger partial charge in [-0.05, 0) is 25.8 Å². The second kappa shape index (κ2) is 6.54. The minimum absolute atomic E-state index is 0.0443. The molecule has 5 nitrogen and oxygen atoms in total. The monoisotopic (exact) mass is 249 g/mol. The lowest BCUT2D eigenvalue weighted by molar-refractivity contribution is 0.400. The van der Waals surface area contributed by atoms with Gasteiger partial charge in [0.05, 0.1) is 0 Å². The lowest BCUT2D eigenvalue weighted by Crippen LogP contribution is -2.49. The van der Waals surface area contributed by atoms with E-state index in [1.807, 2.05) is 0 Å². The van der Waals surface area contributed by atoms with Crippen molar-refractivity contribution in [3.8, 4) is 0 Å². The molecule has 2 N–H and O–H groups in total. The van der Waals surface area contributed by atoms with Crippen LogP contribution in [-0.4, -0.2) is 45.4 Å². The fraction of sp³-hybridized carbons (Fsp3) is 1.00. The van der Waals surface area contributed by atoms with Crippen LogP contribution in [0.1, 0.15) is 32.6 Å². The Hall–Kier alpha value is -0.170. The topological polar surface area (TPSA) is 61.4 Å². The van der Waals surface area contributed by atoms with E-state index in [-0.39, 0.29) is 6.04 Å². The summed E-state index contributed by atoms with van der Waals surface area (Å²) < 4.78 is 27.9. The molecule has 6 heteroatoms. The number of hydrogen-bond acceptors (Lipinski definition) is 3. The van der Waals surface area contributed by atoms with Gasteiger partial charge in [0.1, 0.15) is 0 Å². The molecule has 1 atom stereocenters.